The molecule has 1 saturated carbocycles. The molecule has 0 aromatic heterocycles. The molecule has 7 heteroatoms. The molecule has 1 aromatic carbocycles. The van der Waals surface area contributed by atoms with E-state index in [1.165, 1.54) is 18.4 Å². The lowest BCUT2D eigenvalue weighted by Crippen LogP contribution is -2.51. The lowest BCUT2D eigenvalue weighted by atomic mass is 9.91. The molecule has 2 aliphatic heterocycles. The van der Waals surface area contributed by atoms with Crippen molar-refractivity contribution in [1.29, 1.82) is 0 Å². The minimum atomic E-state index is 0. The van der Waals surface area contributed by atoms with Crippen LogP contribution in [-0.4, -0.2) is 80.0 Å². The number of hydrogen-bond acceptors (Lipinski definition) is 4. The van der Waals surface area contributed by atoms with Gasteiger partial charge in [-0.25, -0.2) is 0 Å². The summed E-state index contributed by atoms with van der Waals surface area (Å²) in [6, 6.07) is 10.7. The number of rotatable bonds is 6. The van der Waals surface area contributed by atoms with Gasteiger partial charge in [-0.1, -0.05) is 30.3 Å². The Hall–Kier alpha value is -0.850. The van der Waals surface area contributed by atoms with Gasteiger partial charge in [0, 0.05) is 51.7 Å². The van der Waals surface area contributed by atoms with Crippen molar-refractivity contribution in [3.63, 3.8) is 0 Å². The number of halogens is 2. The first-order chi connectivity index (χ1) is 13.2. The highest BCUT2D eigenvalue weighted by Crippen LogP contribution is 2.59. The van der Waals surface area contributed by atoms with Crippen LogP contribution in [0.15, 0.2) is 30.3 Å². The highest BCUT2D eigenvalue weighted by atomic mass is 35.5. The van der Waals surface area contributed by atoms with Gasteiger partial charge in [-0.2, -0.15) is 0 Å². The number of nitrogens with zero attached hydrogens (tertiary/aromatic N) is 3. The molecular formula is C22H36Cl2N4O. The Morgan fingerprint density at radius 1 is 1.10 bits per heavy atom. The van der Waals surface area contributed by atoms with Crippen LogP contribution in [0.3, 0.4) is 0 Å². The van der Waals surface area contributed by atoms with Gasteiger partial charge in [-0.05, 0) is 50.4 Å². The zero-order valence-corrected chi connectivity index (χ0v) is 19.1. The number of benzene rings is 1. The molecule has 0 bridgehead atoms. The summed E-state index contributed by atoms with van der Waals surface area (Å²) in [6.07, 6.45) is 3.52. The molecule has 1 unspecified atom stereocenters. The summed E-state index contributed by atoms with van der Waals surface area (Å²) in [5.41, 5.74) is 1.73. The van der Waals surface area contributed by atoms with Crippen molar-refractivity contribution in [3.8, 4) is 0 Å². The first kappa shape index (κ1) is 24.4. The molecule has 1 aliphatic carbocycles. The predicted molar refractivity (Wildman–Crippen MR) is 123 cm³/mol. The van der Waals surface area contributed by atoms with Gasteiger partial charge in [0.2, 0.25) is 5.91 Å². The van der Waals surface area contributed by atoms with Crippen LogP contribution in [0.25, 0.3) is 0 Å². The number of piperazine rings is 1. The van der Waals surface area contributed by atoms with Crippen LogP contribution in [0.1, 0.15) is 24.8 Å². The first-order valence-electron chi connectivity index (χ1n) is 10.6. The second kappa shape index (κ2) is 11.0. The Morgan fingerprint density at radius 3 is 2.41 bits per heavy atom. The van der Waals surface area contributed by atoms with Crippen LogP contribution < -0.4 is 5.32 Å². The fraction of sp³-hybridized carbons (Fsp3) is 0.682. The van der Waals surface area contributed by atoms with E-state index in [9.17, 15) is 4.79 Å². The second-order valence-electron chi connectivity index (χ2n) is 8.76. The predicted octanol–water partition coefficient (Wildman–Crippen LogP) is 2.50. The Morgan fingerprint density at radius 2 is 1.76 bits per heavy atom. The van der Waals surface area contributed by atoms with Crippen molar-refractivity contribution >= 4 is 30.7 Å². The van der Waals surface area contributed by atoms with Crippen LogP contribution in [0.2, 0.25) is 0 Å². The number of piperidine rings is 1. The van der Waals surface area contributed by atoms with Crippen LogP contribution in [0.4, 0.5) is 0 Å². The second-order valence-corrected chi connectivity index (χ2v) is 8.76. The van der Waals surface area contributed by atoms with Crippen molar-refractivity contribution in [3.05, 3.63) is 35.9 Å². The Bertz CT molecular complexity index is 631. The van der Waals surface area contributed by atoms with Crippen molar-refractivity contribution in [2.45, 2.75) is 25.8 Å². The normalized spacial score (nSPS) is 23.4. The molecule has 2 saturated heterocycles. The van der Waals surface area contributed by atoms with Gasteiger partial charge in [-0.15, -0.1) is 24.8 Å². The minimum Gasteiger partial charge on any atom is -0.340 e. The summed E-state index contributed by atoms with van der Waals surface area (Å²) >= 11 is 0. The van der Waals surface area contributed by atoms with E-state index in [2.05, 4.69) is 57.4 Å². The Balaban J connectivity index is 0.00000150. The van der Waals surface area contributed by atoms with Gasteiger partial charge in [-0.3, -0.25) is 9.69 Å². The van der Waals surface area contributed by atoms with Crippen molar-refractivity contribution in [2.75, 3.05) is 59.4 Å². The molecule has 1 aromatic rings. The van der Waals surface area contributed by atoms with Crippen molar-refractivity contribution in [2.24, 2.45) is 11.3 Å². The zero-order chi connectivity index (χ0) is 18.7. The molecule has 1 spiro atoms. The maximum Gasteiger partial charge on any atom is 0.226 e. The summed E-state index contributed by atoms with van der Waals surface area (Å²) in [7, 11) is 2.19. The average Bonchev–Trinajstić information content (AvgIpc) is 3.40. The van der Waals surface area contributed by atoms with E-state index in [0.29, 0.717) is 17.2 Å². The molecule has 3 fully saturated rings. The van der Waals surface area contributed by atoms with Crippen LogP contribution in [0.5, 0.6) is 0 Å². The fourth-order valence-corrected chi connectivity index (χ4v) is 4.87. The Labute approximate surface area is 188 Å². The standard InChI is InChI=1S/C22H34N4O.2ClH/c1-24(18-19-5-3-2-4-6-19)11-12-25-13-15-26(16-14-25)21(27)20-17-22(20)7-9-23-10-8-22;;/h2-6,20,23H,7-18H2,1H3;2*1H. The average molecular weight is 443 g/mol. The van der Waals surface area contributed by atoms with E-state index in [1.54, 1.807) is 0 Å². The van der Waals surface area contributed by atoms with E-state index < -0.39 is 0 Å². The third-order valence-corrected chi connectivity index (χ3v) is 6.86. The van der Waals surface area contributed by atoms with Gasteiger partial charge in [0.15, 0.2) is 0 Å². The van der Waals surface area contributed by atoms with Crippen molar-refractivity contribution in [1.82, 2.24) is 20.0 Å². The molecule has 1 N–H and O–H groups in total. The largest absolute Gasteiger partial charge is 0.340 e. The third kappa shape index (κ3) is 6.08. The lowest BCUT2D eigenvalue weighted by molar-refractivity contribution is -0.135. The number of amides is 1. The quantitative estimate of drug-likeness (QED) is 0.734. The number of carbonyl (C=O) groups excluding carboxylic acids is 1. The van der Waals surface area contributed by atoms with Gasteiger partial charge in [0.1, 0.15) is 0 Å². The molecule has 4 rings (SSSR count). The first-order valence-corrected chi connectivity index (χ1v) is 10.6. The Kier molecular flexibility index (Phi) is 9.23. The highest BCUT2D eigenvalue weighted by Gasteiger charge is 2.58. The van der Waals surface area contributed by atoms with Crippen molar-refractivity contribution < 1.29 is 4.79 Å². The van der Waals surface area contributed by atoms with Gasteiger partial charge >= 0.3 is 0 Å². The van der Waals surface area contributed by atoms with Crippen LogP contribution in [-0.2, 0) is 11.3 Å². The van der Waals surface area contributed by atoms with Crippen LogP contribution >= 0.6 is 24.8 Å². The van der Waals surface area contributed by atoms with E-state index in [0.717, 1.165) is 65.3 Å². The maximum absolute atomic E-state index is 12.9. The van der Waals surface area contributed by atoms with Gasteiger partial charge in [0.25, 0.3) is 0 Å². The maximum atomic E-state index is 12.9. The summed E-state index contributed by atoms with van der Waals surface area (Å²) in [5, 5.41) is 3.43. The molecule has 0 radical (unpaired) electrons. The summed E-state index contributed by atoms with van der Waals surface area (Å²) in [5.74, 6) is 0.765. The van der Waals surface area contributed by atoms with E-state index in [4.69, 9.17) is 0 Å². The number of hydrogen-bond donors (Lipinski definition) is 1. The van der Waals surface area contributed by atoms with Crippen LogP contribution in [0, 0.1) is 11.3 Å². The third-order valence-electron chi connectivity index (χ3n) is 6.86. The summed E-state index contributed by atoms with van der Waals surface area (Å²) < 4.78 is 0. The van der Waals surface area contributed by atoms with E-state index >= 15 is 0 Å². The highest BCUT2D eigenvalue weighted by molar-refractivity contribution is 5.85. The number of nitrogens with one attached hydrogen (secondary N) is 1. The molecule has 164 valence electrons. The SMILES string of the molecule is CN(CCN1CCN(C(=O)C2CC23CCNCC3)CC1)Cc1ccccc1.Cl.Cl. The summed E-state index contributed by atoms with van der Waals surface area (Å²) in [4.78, 5) is 19.9. The zero-order valence-electron chi connectivity index (χ0n) is 17.5. The van der Waals surface area contributed by atoms with E-state index in [-0.39, 0.29) is 24.8 Å². The molecule has 3 aliphatic rings. The molecular weight excluding hydrogens is 407 g/mol. The number of likely N-dealkylation sites (N-methyl/N-ethyl adjacent to an activating group) is 1. The smallest absolute Gasteiger partial charge is 0.226 e. The molecule has 29 heavy (non-hydrogen) atoms. The summed E-state index contributed by atoms with van der Waals surface area (Å²) in [6.45, 7) is 9.20. The van der Waals surface area contributed by atoms with Gasteiger partial charge in [0.05, 0.1) is 0 Å². The van der Waals surface area contributed by atoms with Gasteiger partial charge < -0.3 is 15.1 Å². The fourth-order valence-electron chi connectivity index (χ4n) is 4.87. The topological polar surface area (TPSA) is 38.8 Å². The van der Waals surface area contributed by atoms with E-state index in [1.807, 2.05) is 0 Å². The number of carbonyl (C=O) groups is 1. The molecule has 5 nitrogen and oxygen atoms in total. The molecule has 1 amide bonds. The molecule has 1 atom stereocenters. The monoisotopic (exact) mass is 442 g/mol. The lowest BCUT2D eigenvalue weighted by Gasteiger charge is -2.36. The minimum absolute atomic E-state index is 0. The molecule has 2 heterocycles.